The lowest BCUT2D eigenvalue weighted by molar-refractivity contribution is 0.0693. The van der Waals surface area contributed by atoms with Gasteiger partial charge in [0.1, 0.15) is 17.1 Å². The molecule has 0 bridgehead atoms. The van der Waals surface area contributed by atoms with Crippen LogP contribution in [-0.4, -0.2) is 28.2 Å². The van der Waals surface area contributed by atoms with Gasteiger partial charge in [0.05, 0.1) is 7.11 Å². The molecule has 0 aliphatic heterocycles. The maximum atomic E-state index is 13.0. The van der Waals surface area contributed by atoms with Crippen LogP contribution in [0.2, 0.25) is 0 Å². The molecular formula is C12H9FN2O4. The first-order chi connectivity index (χ1) is 9.10. The first-order valence-electron chi connectivity index (χ1n) is 5.18. The fraction of sp³-hybridized carbons (Fsp3) is 0.0833. The molecule has 19 heavy (non-hydrogen) atoms. The van der Waals surface area contributed by atoms with Crippen molar-refractivity contribution in [3.8, 4) is 17.6 Å². The van der Waals surface area contributed by atoms with Crippen LogP contribution in [0.4, 0.5) is 4.39 Å². The van der Waals surface area contributed by atoms with E-state index in [9.17, 15) is 9.18 Å². The third-order valence-corrected chi connectivity index (χ3v) is 2.19. The lowest BCUT2D eigenvalue weighted by atomic mass is 10.2. The van der Waals surface area contributed by atoms with Gasteiger partial charge in [0.25, 0.3) is 0 Å². The van der Waals surface area contributed by atoms with Crippen LogP contribution in [0.1, 0.15) is 10.4 Å². The van der Waals surface area contributed by atoms with Crippen LogP contribution in [0.15, 0.2) is 30.5 Å². The number of carboxylic acids is 1. The van der Waals surface area contributed by atoms with Crippen LogP contribution < -0.4 is 9.47 Å². The second kappa shape index (κ2) is 5.30. The molecule has 1 N–H and O–H groups in total. The summed E-state index contributed by atoms with van der Waals surface area (Å²) in [7, 11) is 1.42. The van der Waals surface area contributed by atoms with Crippen molar-refractivity contribution in [2.45, 2.75) is 0 Å². The van der Waals surface area contributed by atoms with E-state index in [-0.39, 0.29) is 23.2 Å². The van der Waals surface area contributed by atoms with E-state index in [1.807, 2.05) is 0 Å². The molecule has 7 heteroatoms. The van der Waals surface area contributed by atoms with Crippen molar-refractivity contribution in [3.05, 3.63) is 41.8 Å². The van der Waals surface area contributed by atoms with E-state index >= 15 is 0 Å². The van der Waals surface area contributed by atoms with Gasteiger partial charge < -0.3 is 14.6 Å². The number of methoxy groups -OCH3 is 1. The molecule has 0 amide bonds. The van der Waals surface area contributed by atoms with Crippen LogP contribution in [0, 0.1) is 5.82 Å². The van der Waals surface area contributed by atoms with Gasteiger partial charge >= 0.3 is 12.0 Å². The van der Waals surface area contributed by atoms with Crippen LogP contribution in [0.5, 0.6) is 17.6 Å². The van der Waals surface area contributed by atoms with Crippen LogP contribution in [0.3, 0.4) is 0 Å². The van der Waals surface area contributed by atoms with Crippen LogP contribution in [0.25, 0.3) is 0 Å². The summed E-state index contributed by atoms with van der Waals surface area (Å²) in [6, 6.07) is 4.56. The van der Waals surface area contributed by atoms with Crippen molar-refractivity contribution >= 4 is 5.97 Å². The van der Waals surface area contributed by atoms with E-state index in [1.165, 1.54) is 25.4 Å². The zero-order valence-corrected chi connectivity index (χ0v) is 9.83. The molecule has 0 saturated carbocycles. The fourth-order valence-corrected chi connectivity index (χ4v) is 1.34. The quantitative estimate of drug-likeness (QED) is 0.910. The highest BCUT2D eigenvalue weighted by molar-refractivity contribution is 5.90. The topological polar surface area (TPSA) is 81.5 Å². The van der Waals surface area contributed by atoms with E-state index in [0.717, 1.165) is 12.1 Å². The van der Waals surface area contributed by atoms with Gasteiger partial charge in [-0.3, -0.25) is 0 Å². The maximum absolute atomic E-state index is 13.0. The summed E-state index contributed by atoms with van der Waals surface area (Å²) in [5.41, 5.74) is -0.314. The fourth-order valence-electron chi connectivity index (χ4n) is 1.34. The molecule has 98 valence electrons. The van der Waals surface area contributed by atoms with Gasteiger partial charge in [0, 0.05) is 12.3 Å². The number of benzene rings is 1. The largest absolute Gasteiger partial charge is 0.481 e. The van der Waals surface area contributed by atoms with Crippen molar-refractivity contribution in [3.63, 3.8) is 0 Å². The lowest BCUT2D eigenvalue weighted by Gasteiger charge is -2.07. The lowest BCUT2D eigenvalue weighted by Crippen LogP contribution is -2.02. The Hall–Kier alpha value is -2.70. The molecule has 2 rings (SSSR count). The monoisotopic (exact) mass is 264 g/mol. The van der Waals surface area contributed by atoms with Crippen molar-refractivity contribution in [1.29, 1.82) is 0 Å². The third kappa shape index (κ3) is 2.95. The SMILES string of the molecule is COc1ccnc(Oc2ccc(F)cc2C(=O)O)n1. The summed E-state index contributed by atoms with van der Waals surface area (Å²) in [4.78, 5) is 18.6. The number of hydrogen-bond donors (Lipinski definition) is 1. The van der Waals surface area contributed by atoms with E-state index in [4.69, 9.17) is 14.6 Å². The standard InChI is InChI=1S/C12H9FN2O4/c1-18-10-4-5-14-12(15-10)19-9-3-2-7(13)6-8(9)11(16)17/h2-6H,1H3,(H,16,17). The molecule has 2 aromatic rings. The van der Waals surface area contributed by atoms with E-state index in [0.29, 0.717) is 0 Å². The highest BCUT2D eigenvalue weighted by atomic mass is 19.1. The molecule has 0 radical (unpaired) electrons. The Bertz CT molecular complexity index is 618. The summed E-state index contributed by atoms with van der Waals surface area (Å²) >= 11 is 0. The van der Waals surface area contributed by atoms with Gasteiger partial charge in [0.15, 0.2) is 0 Å². The van der Waals surface area contributed by atoms with Crippen molar-refractivity contribution in [2.75, 3.05) is 7.11 Å². The van der Waals surface area contributed by atoms with Crippen LogP contribution >= 0.6 is 0 Å². The highest BCUT2D eigenvalue weighted by Gasteiger charge is 2.14. The van der Waals surface area contributed by atoms with Crippen LogP contribution in [-0.2, 0) is 0 Å². The molecule has 0 atom stereocenters. The van der Waals surface area contributed by atoms with E-state index < -0.39 is 11.8 Å². The van der Waals surface area contributed by atoms with Gasteiger partial charge in [-0.1, -0.05) is 0 Å². The Kier molecular flexibility index (Phi) is 3.56. The Morgan fingerprint density at radius 2 is 2.16 bits per heavy atom. The number of carbonyl (C=O) groups is 1. The summed E-state index contributed by atoms with van der Waals surface area (Å²) < 4.78 is 23.1. The molecule has 0 aliphatic rings. The zero-order chi connectivity index (χ0) is 13.8. The Labute approximate surface area is 107 Å². The molecule has 0 unspecified atom stereocenters. The Morgan fingerprint density at radius 3 is 2.84 bits per heavy atom. The first kappa shape index (κ1) is 12.7. The molecule has 1 aromatic carbocycles. The van der Waals surface area contributed by atoms with Crippen molar-refractivity contribution in [1.82, 2.24) is 9.97 Å². The van der Waals surface area contributed by atoms with Gasteiger partial charge in [-0.25, -0.2) is 14.2 Å². The predicted octanol–water partition coefficient (Wildman–Crippen LogP) is 2.11. The summed E-state index contributed by atoms with van der Waals surface area (Å²) in [5, 5.41) is 8.96. The summed E-state index contributed by atoms with van der Waals surface area (Å²) in [6.07, 6.45) is 1.39. The number of halogens is 1. The molecular weight excluding hydrogens is 255 g/mol. The highest BCUT2D eigenvalue weighted by Crippen LogP contribution is 2.24. The first-order valence-corrected chi connectivity index (χ1v) is 5.18. The smallest absolute Gasteiger partial charge is 0.339 e. The maximum Gasteiger partial charge on any atom is 0.339 e. The predicted molar refractivity (Wildman–Crippen MR) is 62.0 cm³/mol. The number of ether oxygens (including phenoxy) is 2. The minimum absolute atomic E-state index is 0.0536. The third-order valence-electron chi connectivity index (χ3n) is 2.19. The molecule has 0 spiro atoms. The second-order valence-electron chi connectivity index (χ2n) is 3.43. The summed E-state index contributed by atoms with van der Waals surface area (Å²) in [6.45, 7) is 0. The number of carboxylic acid groups (broad SMARTS) is 1. The second-order valence-corrected chi connectivity index (χ2v) is 3.43. The van der Waals surface area contributed by atoms with Gasteiger partial charge in [0.2, 0.25) is 5.88 Å². The molecule has 0 fully saturated rings. The van der Waals surface area contributed by atoms with Gasteiger partial charge in [-0.2, -0.15) is 4.98 Å². The van der Waals surface area contributed by atoms with Gasteiger partial charge in [-0.15, -0.1) is 0 Å². The number of nitrogens with zero attached hydrogens (tertiary/aromatic N) is 2. The molecule has 1 aromatic heterocycles. The van der Waals surface area contributed by atoms with E-state index in [1.54, 1.807) is 0 Å². The van der Waals surface area contributed by atoms with Gasteiger partial charge in [-0.05, 0) is 18.2 Å². The molecule has 0 aliphatic carbocycles. The number of aromatic nitrogens is 2. The minimum Gasteiger partial charge on any atom is -0.481 e. The zero-order valence-electron chi connectivity index (χ0n) is 9.83. The van der Waals surface area contributed by atoms with E-state index in [2.05, 4.69) is 9.97 Å². The van der Waals surface area contributed by atoms with Crippen molar-refractivity contribution < 1.29 is 23.8 Å². The number of hydrogen-bond acceptors (Lipinski definition) is 5. The normalized spacial score (nSPS) is 10.0. The number of rotatable bonds is 4. The average Bonchev–Trinajstić information content (AvgIpc) is 2.41. The molecule has 6 nitrogen and oxygen atoms in total. The molecule has 0 saturated heterocycles. The van der Waals surface area contributed by atoms with Crippen molar-refractivity contribution in [2.24, 2.45) is 0 Å². The molecule has 1 heterocycles. The Balaban J connectivity index is 2.34. The Morgan fingerprint density at radius 1 is 1.37 bits per heavy atom. The number of aromatic carboxylic acids is 1. The minimum atomic E-state index is -1.31. The average molecular weight is 264 g/mol. The summed E-state index contributed by atoms with van der Waals surface area (Å²) in [5.74, 6) is -1.76.